The van der Waals surface area contributed by atoms with E-state index in [-0.39, 0.29) is 11.3 Å². The molecule has 0 spiro atoms. The van der Waals surface area contributed by atoms with E-state index in [1.54, 1.807) is 0 Å². The van der Waals surface area contributed by atoms with E-state index in [0.717, 1.165) is 0 Å². The molecule has 18 heavy (non-hydrogen) atoms. The molecule has 0 N–H and O–H groups in total. The van der Waals surface area contributed by atoms with E-state index < -0.39 is 5.95 Å². The Labute approximate surface area is 106 Å². The predicted molar refractivity (Wildman–Crippen MR) is 67.2 cm³/mol. The second-order valence-electron chi connectivity index (χ2n) is 5.07. The molecular weight excluding hydrogens is 231 g/mol. The maximum Gasteiger partial charge on any atom is 0.239 e. The Hall–Kier alpha value is -1.97. The van der Waals surface area contributed by atoms with Crippen LogP contribution in [-0.2, 0) is 5.41 Å². The number of halogens is 1. The van der Waals surface area contributed by atoms with Crippen molar-refractivity contribution in [3.05, 3.63) is 47.9 Å². The van der Waals surface area contributed by atoms with Crippen LogP contribution < -0.4 is 4.74 Å². The van der Waals surface area contributed by atoms with Gasteiger partial charge in [0, 0.05) is 12.1 Å². The maximum absolute atomic E-state index is 12.6. The number of benzene rings is 1. The van der Waals surface area contributed by atoms with Crippen LogP contribution in [0, 0.1) is 5.95 Å². The lowest BCUT2D eigenvalue weighted by atomic mass is 9.87. The molecular formula is C14H15FN2O. The van der Waals surface area contributed by atoms with Crippen molar-refractivity contribution in [2.24, 2.45) is 0 Å². The summed E-state index contributed by atoms with van der Waals surface area (Å²) in [6.07, 6.45) is 0. The highest BCUT2D eigenvalue weighted by molar-refractivity contribution is 5.33. The van der Waals surface area contributed by atoms with Crippen LogP contribution in [-0.4, -0.2) is 10.2 Å². The minimum absolute atomic E-state index is 0.105. The fourth-order valence-corrected chi connectivity index (χ4v) is 1.50. The second kappa shape index (κ2) is 4.72. The molecule has 1 aromatic heterocycles. The molecule has 2 aromatic rings. The number of hydrogen-bond acceptors (Lipinski definition) is 3. The van der Waals surface area contributed by atoms with Gasteiger partial charge < -0.3 is 4.74 Å². The van der Waals surface area contributed by atoms with Crippen molar-refractivity contribution in [2.45, 2.75) is 26.2 Å². The van der Waals surface area contributed by atoms with Gasteiger partial charge in [0.2, 0.25) is 11.8 Å². The van der Waals surface area contributed by atoms with Crippen LogP contribution in [0.15, 0.2) is 36.4 Å². The molecule has 0 radical (unpaired) electrons. The summed E-state index contributed by atoms with van der Waals surface area (Å²) in [6, 6.07) is 10.4. The average Bonchev–Trinajstić information content (AvgIpc) is 2.32. The molecule has 0 aliphatic heterocycles. The lowest BCUT2D eigenvalue weighted by Gasteiger charge is -2.18. The molecule has 0 amide bonds. The van der Waals surface area contributed by atoms with E-state index in [2.05, 4.69) is 31.0 Å². The predicted octanol–water partition coefficient (Wildman–Crippen LogP) is 3.71. The zero-order valence-corrected chi connectivity index (χ0v) is 10.6. The van der Waals surface area contributed by atoms with Crippen molar-refractivity contribution in [2.75, 3.05) is 0 Å². The van der Waals surface area contributed by atoms with Crippen molar-refractivity contribution in [1.29, 1.82) is 0 Å². The van der Waals surface area contributed by atoms with Gasteiger partial charge in [-0.25, -0.2) is 0 Å². The third-order valence-electron chi connectivity index (χ3n) is 2.55. The third kappa shape index (κ3) is 3.03. The first-order valence-electron chi connectivity index (χ1n) is 5.73. The highest BCUT2D eigenvalue weighted by atomic mass is 19.1. The Morgan fingerprint density at radius 1 is 0.944 bits per heavy atom. The Balaban J connectivity index is 2.13. The summed E-state index contributed by atoms with van der Waals surface area (Å²) in [4.78, 5) is 0. The van der Waals surface area contributed by atoms with E-state index in [0.29, 0.717) is 5.75 Å². The SMILES string of the molecule is CC(C)(C)c1ccc(Oc2ccc(F)nn2)cc1. The van der Waals surface area contributed by atoms with Crippen molar-refractivity contribution < 1.29 is 9.13 Å². The normalized spacial score (nSPS) is 11.3. The molecule has 1 aromatic carbocycles. The third-order valence-corrected chi connectivity index (χ3v) is 2.55. The summed E-state index contributed by atoms with van der Waals surface area (Å²) in [5, 5.41) is 6.89. The first-order chi connectivity index (χ1) is 8.45. The van der Waals surface area contributed by atoms with E-state index in [4.69, 9.17) is 4.74 Å². The zero-order chi connectivity index (χ0) is 13.2. The minimum atomic E-state index is -0.620. The monoisotopic (exact) mass is 246 g/mol. The molecule has 0 saturated heterocycles. The molecule has 4 heteroatoms. The van der Waals surface area contributed by atoms with Gasteiger partial charge in [0.05, 0.1) is 0 Å². The molecule has 0 saturated carbocycles. The molecule has 0 fully saturated rings. The van der Waals surface area contributed by atoms with Gasteiger partial charge in [0.15, 0.2) is 0 Å². The van der Waals surface area contributed by atoms with E-state index in [1.807, 2.05) is 24.3 Å². The number of aromatic nitrogens is 2. The van der Waals surface area contributed by atoms with Crippen LogP contribution in [0.25, 0.3) is 0 Å². The molecule has 0 aliphatic rings. The first kappa shape index (κ1) is 12.5. The van der Waals surface area contributed by atoms with Crippen LogP contribution in [0.5, 0.6) is 11.6 Å². The summed E-state index contributed by atoms with van der Waals surface area (Å²) < 4.78 is 18.0. The Morgan fingerprint density at radius 3 is 2.11 bits per heavy atom. The van der Waals surface area contributed by atoms with Gasteiger partial charge in [0.1, 0.15) is 5.75 Å². The van der Waals surface area contributed by atoms with E-state index in [9.17, 15) is 4.39 Å². The van der Waals surface area contributed by atoms with Crippen LogP contribution >= 0.6 is 0 Å². The average molecular weight is 246 g/mol. The van der Waals surface area contributed by atoms with Gasteiger partial charge in [-0.3, -0.25) is 0 Å². The molecule has 2 rings (SSSR count). The molecule has 0 bridgehead atoms. The van der Waals surface area contributed by atoms with Crippen molar-refractivity contribution in [1.82, 2.24) is 10.2 Å². The van der Waals surface area contributed by atoms with Crippen LogP contribution in [0.1, 0.15) is 26.3 Å². The highest BCUT2D eigenvalue weighted by Crippen LogP contribution is 2.25. The number of nitrogens with zero attached hydrogens (tertiary/aromatic N) is 2. The lowest BCUT2D eigenvalue weighted by Crippen LogP contribution is -2.10. The molecule has 3 nitrogen and oxygen atoms in total. The summed E-state index contributed by atoms with van der Waals surface area (Å²) in [5.74, 6) is 0.314. The topological polar surface area (TPSA) is 35.0 Å². The van der Waals surface area contributed by atoms with Crippen molar-refractivity contribution >= 4 is 0 Å². The van der Waals surface area contributed by atoms with Gasteiger partial charge in [0.25, 0.3) is 0 Å². The van der Waals surface area contributed by atoms with E-state index in [1.165, 1.54) is 17.7 Å². The fraction of sp³-hybridized carbons (Fsp3) is 0.286. The van der Waals surface area contributed by atoms with Crippen molar-refractivity contribution in [3.8, 4) is 11.6 Å². The van der Waals surface area contributed by atoms with Crippen LogP contribution in [0.4, 0.5) is 4.39 Å². The Bertz CT molecular complexity index is 515. The van der Waals surface area contributed by atoms with Gasteiger partial charge in [-0.05, 0) is 23.1 Å². The standard InChI is InChI=1S/C14H15FN2O/c1-14(2,3)10-4-6-11(7-5-10)18-13-9-8-12(15)16-17-13/h4-9H,1-3H3. The van der Waals surface area contributed by atoms with Gasteiger partial charge in [-0.1, -0.05) is 32.9 Å². The summed E-state index contributed by atoms with van der Waals surface area (Å²) in [5.41, 5.74) is 1.33. The smallest absolute Gasteiger partial charge is 0.239 e. The number of hydrogen-bond donors (Lipinski definition) is 0. The van der Waals surface area contributed by atoms with Gasteiger partial charge in [-0.2, -0.15) is 4.39 Å². The fourth-order valence-electron chi connectivity index (χ4n) is 1.50. The number of rotatable bonds is 2. The Kier molecular flexibility index (Phi) is 3.28. The van der Waals surface area contributed by atoms with E-state index >= 15 is 0 Å². The highest BCUT2D eigenvalue weighted by Gasteiger charge is 2.13. The molecule has 1 heterocycles. The second-order valence-corrected chi connectivity index (χ2v) is 5.07. The number of ether oxygens (including phenoxy) is 1. The maximum atomic E-state index is 12.6. The lowest BCUT2D eigenvalue weighted by molar-refractivity contribution is 0.442. The van der Waals surface area contributed by atoms with Crippen molar-refractivity contribution in [3.63, 3.8) is 0 Å². The first-order valence-corrected chi connectivity index (χ1v) is 5.73. The molecule has 94 valence electrons. The van der Waals surface area contributed by atoms with Crippen LogP contribution in [0.2, 0.25) is 0 Å². The largest absolute Gasteiger partial charge is 0.438 e. The minimum Gasteiger partial charge on any atom is -0.438 e. The van der Waals surface area contributed by atoms with Gasteiger partial charge in [-0.15, -0.1) is 10.2 Å². The summed E-state index contributed by atoms with van der Waals surface area (Å²) >= 11 is 0. The molecule has 0 aliphatic carbocycles. The van der Waals surface area contributed by atoms with Gasteiger partial charge >= 0.3 is 0 Å². The summed E-state index contributed by atoms with van der Waals surface area (Å²) in [6.45, 7) is 6.44. The molecule has 0 unspecified atom stereocenters. The summed E-state index contributed by atoms with van der Waals surface area (Å²) in [7, 11) is 0. The zero-order valence-electron chi connectivity index (χ0n) is 10.6. The quantitative estimate of drug-likeness (QED) is 0.810. The van der Waals surface area contributed by atoms with Crippen LogP contribution in [0.3, 0.4) is 0 Å². The molecule has 0 atom stereocenters. The Morgan fingerprint density at radius 2 is 1.61 bits per heavy atom.